The molecule has 0 aliphatic carbocycles. The van der Waals surface area contributed by atoms with Gasteiger partial charge < -0.3 is 10.2 Å². The standard InChI is InChI=1S/C22H28Cl2N2O/c1-3-5-14-26(15-6-4-2)21(27)16-17-10-7-8-13-20(17)25-22-18(23)11-9-12-19(22)24/h7-13,25H,3-6,14-16H2,1-2H3. The van der Waals surface area contributed by atoms with Gasteiger partial charge in [0.1, 0.15) is 0 Å². The van der Waals surface area contributed by atoms with Crippen molar-refractivity contribution in [1.82, 2.24) is 4.90 Å². The van der Waals surface area contributed by atoms with Crippen molar-refractivity contribution in [3.8, 4) is 0 Å². The SMILES string of the molecule is CCCCN(CCCC)C(=O)Cc1ccccc1Nc1c(Cl)cccc1Cl. The van der Waals surface area contributed by atoms with E-state index in [4.69, 9.17) is 23.2 Å². The van der Waals surface area contributed by atoms with Gasteiger partial charge in [0, 0.05) is 18.8 Å². The molecule has 2 rings (SSSR count). The Labute approximate surface area is 172 Å². The van der Waals surface area contributed by atoms with Crippen molar-refractivity contribution in [3.63, 3.8) is 0 Å². The molecular weight excluding hydrogens is 379 g/mol. The first-order chi connectivity index (χ1) is 13.1. The lowest BCUT2D eigenvalue weighted by atomic mass is 10.1. The van der Waals surface area contributed by atoms with Crippen LogP contribution in [0.4, 0.5) is 11.4 Å². The van der Waals surface area contributed by atoms with Crippen LogP contribution in [0.5, 0.6) is 0 Å². The number of nitrogens with one attached hydrogen (secondary N) is 1. The zero-order valence-corrected chi connectivity index (χ0v) is 17.6. The van der Waals surface area contributed by atoms with Crippen LogP contribution in [0.25, 0.3) is 0 Å². The Morgan fingerprint density at radius 3 is 2.11 bits per heavy atom. The highest BCUT2D eigenvalue weighted by atomic mass is 35.5. The Kier molecular flexibility index (Phi) is 8.96. The van der Waals surface area contributed by atoms with Gasteiger partial charge in [0.15, 0.2) is 0 Å². The smallest absolute Gasteiger partial charge is 0.227 e. The van der Waals surface area contributed by atoms with E-state index in [1.807, 2.05) is 35.2 Å². The summed E-state index contributed by atoms with van der Waals surface area (Å²) < 4.78 is 0. The number of benzene rings is 2. The van der Waals surface area contributed by atoms with E-state index in [1.54, 1.807) is 12.1 Å². The lowest BCUT2D eigenvalue weighted by Gasteiger charge is -2.23. The Morgan fingerprint density at radius 1 is 0.926 bits per heavy atom. The van der Waals surface area contributed by atoms with Gasteiger partial charge in [-0.2, -0.15) is 0 Å². The summed E-state index contributed by atoms with van der Waals surface area (Å²) in [6.45, 7) is 5.94. The summed E-state index contributed by atoms with van der Waals surface area (Å²) >= 11 is 12.6. The molecule has 5 heteroatoms. The maximum atomic E-state index is 12.9. The molecule has 0 aliphatic heterocycles. The highest BCUT2D eigenvalue weighted by molar-refractivity contribution is 6.39. The van der Waals surface area contributed by atoms with Gasteiger partial charge in [0.25, 0.3) is 0 Å². The molecule has 0 aromatic heterocycles. The van der Waals surface area contributed by atoms with Crippen LogP contribution in [-0.2, 0) is 11.2 Å². The number of carbonyl (C=O) groups excluding carboxylic acids is 1. The fourth-order valence-electron chi connectivity index (χ4n) is 2.88. The number of amides is 1. The molecule has 0 heterocycles. The average Bonchev–Trinajstić information content (AvgIpc) is 2.66. The van der Waals surface area contributed by atoms with Gasteiger partial charge in [-0.1, -0.05) is 74.2 Å². The maximum Gasteiger partial charge on any atom is 0.227 e. The highest BCUT2D eigenvalue weighted by Crippen LogP contribution is 2.33. The van der Waals surface area contributed by atoms with E-state index < -0.39 is 0 Å². The third-order valence-electron chi connectivity index (χ3n) is 4.50. The molecule has 0 radical (unpaired) electrons. The van der Waals surface area contributed by atoms with E-state index in [-0.39, 0.29) is 5.91 Å². The van der Waals surface area contributed by atoms with Gasteiger partial charge in [-0.3, -0.25) is 4.79 Å². The largest absolute Gasteiger partial charge is 0.353 e. The summed E-state index contributed by atoms with van der Waals surface area (Å²) in [6.07, 6.45) is 4.59. The van der Waals surface area contributed by atoms with E-state index in [2.05, 4.69) is 19.2 Å². The molecule has 0 unspecified atom stereocenters. The minimum Gasteiger partial charge on any atom is -0.353 e. The van der Waals surface area contributed by atoms with Crippen LogP contribution in [0.3, 0.4) is 0 Å². The normalized spacial score (nSPS) is 10.7. The molecular formula is C22H28Cl2N2O. The van der Waals surface area contributed by atoms with Crippen molar-refractivity contribution in [2.45, 2.75) is 46.0 Å². The van der Waals surface area contributed by atoms with Crippen molar-refractivity contribution in [2.75, 3.05) is 18.4 Å². The molecule has 0 saturated carbocycles. The van der Waals surface area contributed by atoms with Crippen LogP contribution in [0, 0.1) is 0 Å². The van der Waals surface area contributed by atoms with Crippen molar-refractivity contribution >= 4 is 40.5 Å². The fourth-order valence-corrected chi connectivity index (χ4v) is 3.37. The second-order valence-electron chi connectivity index (χ2n) is 6.64. The fraction of sp³-hybridized carbons (Fsp3) is 0.409. The van der Waals surface area contributed by atoms with E-state index in [0.717, 1.165) is 50.0 Å². The van der Waals surface area contributed by atoms with Gasteiger partial charge in [-0.25, -0.2) is 0 Å². The highest BCUT2D eigenvalue weighted by Gasteiger charge is 2.16. The quantitative estimate of drug-likeness (QED) is 0.475. The predicted molar refractivity (Wildman–Crippen MR) is 116 cm³/mol. The van der Waals surface area contributed by atoms with Crippen molar-refractivity contribution < 1.29 is 4.79 Å². The Balaban J connectivity index is 2.17. The van der Waals surface area contributed by atoms with E-state index in [1.165, 1.54) is 0 Å². The number of halogens is 2. The first-order valence-electron chi connectivity index (χ1n) is 9.63. The average molecular weight is 407 g/mol. The monoisotopic (exact) mass is 406 g/mol. The van der Waals surface area contributed by atoms with Crippen molar-refractivity contribution in [1.29, 1.82) is 0 Å². The molecule has 1 N–H and O–H groups in total. The first-order valence-corrected chi connectivity index (χ1v) is 10.4. The minimum absolute atomic E-state index is 0.163. The number of hydrogen-bond donors (Lipinski definition) is 1. The lowest BCUT2D eigenvalue weighted by Crippen LogP contribution is -2.34. The molecule has 0 spiro atoms. The predicted octanol–water partition coefficient (Wildman–Crippen LogP) is 6.71. The number of unbranched alkanes of at least 4 members (excludes halogenated alkanes) is 2. The second-order valence-corrected chi connectivity index (χ2v) is 7.46. The summed E-state index contributed by atoms with van der Waals surface area (Å²) in [4.78, 5) is 14.9. The van der Waals surface area contributed by atoms with Crippen LogP contribution in [0.15, 0.2) is 42.5 Å². The van der Waals surface area contributed by atoms with Crippen LogP contribution in [0.1, 0.15) is 45.1 Å². The Bertz CT molecular complexity index is 721. The number of rotatable bonds is 10. The van der Waals surface area contributed by atoms with Crippen LogP contribution < -0.4 is 5.32 Å². The number of para-hydroxylation sites is 2. The van der Waals surface area contributed by atoms with Gasteiger partial charge in [0.2, 0.25) is 5.91 Å². The van der Waals surface area contributed by atoms with Crippen molar-refractivity contribution in [3.05, 3.63) is 58.1 Å². The summed E-state index contributed by atoms with van der Waals surface area (Å²) in [5, 5.41) is 4.41. The molecule has 0 atom stereocenters. The van der Waals surface area contributed by atoms with E-state index in [9.17, 15) is 4.79 Å². The molecule has 3 nitrogen and oxygen atoms in total. The molecule has 27 heavy (non-hydrogen) atoms. The second kappa shape index (κ2) is 11.2. The molecule has 0 aliphatic rings. The molecule has 0 saturated heterocycles. The van der Waals surface area contributed by atoms with Crippen LogP contribution in [-0.4, -0.2) is 23.9 Å². The van der Waals surface area contributed by atoms with Gasteiger partial charge in [-0.05, 0) is 36.6 Å². The molecule has 2 aromatic carbocycles. The number of hydrogen-bond acceptors (Lipinski definition) is 2. The van der Waals surface area contributed by atoms with E-state index >= 15 is 0 Å². The minimum atomic E-state index is 0.163. The topological polar surface area (TPSA) is 32.3 Å². The Hall–Kier alpha value is -1.71. The van der Waals surface area contributed by atoms with Crippen LogP contribution >= 0.6 is 23.2 Å². The molecule has 2 aromatic rings. The number of nitrogens with zero attached hydrogens (tertiary/aromatic N) is 1. The maximum absolute atomic E-state index is 12.9. The van der Waals surface area contributed by atoms with Gasteiger partial charge >= 0.3 is 0 Å². The third kappa shape index (κ3) is 6.44. The summed E-state index contributed by atoms with van der Waals surface area (Å²) in [6, 6.07) is 13.2. The molecule has 0 bridgehead atoms. The third-order valence-corrected chi connectivity index (χ3v) is 5.13. The van der Waals surface area contributed by atoms with Crippen molar-refractivity contribution in [2.24, 2.45) is 0 Å². The zero-order chi connectivity index (χ0) is 19.6. The van der Waals surface area contributed by atoms with Gasteiger partial charge in [-0.15, -0.1) is 0 Å². The first kappa shape index (κ1) is 21.6. The Morgan fingerprint density at radius 2 is 1.52 bits per heavy atom. The van der Waals surface area contributed by atoms with E-state index in [0.29, 0.717) is 22.2 Å². The number of carbonyl (C=O) groups is 1. The molecule has 0 fully saturated rings. The molecule has 146 valence electrons. The van der Waals surface area contributed by atoms with Gasteiger partial charge in [0.05, 0.1) is 22.2 Å². The lowest BCUT2D eigenvalue weighted by molar-refractivity contribution is -0.130. The summed E-state index contributed by atoms with van der Waals surface area (Å²) in [7, 11) is 0. The zero-order valence-electron chi connectivity index (χ0n) is 16.1. The van der Waals surface area contributed by atoms with Crippen LogP contribution in [0.2, 0.25) is 10.0 Å². The summed E-state index contributed by atoms with van der Waals surface area (Å²) in [5.74, 6) is 0.163. The summed E-state index contributed by atoms with van der Waals surface area (Å²) in [5.41, 5.74) is 2.46. The number of anilines is 2. The molecule has 1 amide bonds.